The van der Waals surface area contributed by atoms with Gasteiger partial charge in [-0.05, 0) is 17.7 Å². The molecule has 0 aromatic heterocycles. The molecule has 0 spiro atoms. The monoisotopic (exact) mass is 331 g/mol. The SMILES string of the molecule is CS(=O)(=O)Cc1ccc(C(=O)NCCSCC(=O)O)cc1. The van der Waals surface area contributed by atoms with E-state index in [2.05, 4.69) is 5.32 Å². The van der Waals surface area contributed by atoms with Crippen molar-refractivity contribution in [2.45, 2.75) is 5.75 Å². The van der Waals surface area contributed by atoms with Gasteiger partial charge in [-0.1, -0.05) is 12.1 Å². The maximum absolute atomic E-state index is 11.8. The van der Waals surface area contributed by atoms with Crippen LogP contribution >= 0.6 is 11.8 Å². The van der Waals surface area contributed by atoms with Gasteiger partial charge < -0.3 is 10.4 Å². The van der Waals surface area contributed by atoms with Crippen LogP contribution in [0, 0.1) is 0 Å². The molecule has 0 aliphatic heterocycles. The Morgan fingerprint density at radius 2 is 1.86 bits per heavy atom. The molecule has 0 atom stereocenters. The van der Waals surface area contributed by atoms with Crippen LogP contribution in [0.25, 0.3) is 0 Å². The highest BCUT2D eigenvalue weighted by molar-refractivity contribution is 7.99. The third-order valence-electron chi connectivity index (χ3n) is 2.40. The number of carboxylic acid groups (broad SMARTS) is 1. The highest BCUT2D eigenvalue weighted by atomic mass is 32.2. The average molecular weight is 331 g/mol. The minimum absolute atomic E-state index is 0.00998. The molecule has 1 aromatic carbocycles. The average Bonchev–Trinajstić information content (AvgIpc) is 2.36. The maximum Gasteiger partial charge on any atom is 0.313 e. The largest absolute Gasteiger partial charge is 0.481 e. The highest BCUT2D eigenvalue weighted by Crippen LogP contribution is 2.08. The van der Waals surface area contributed by atoms with E-state index < -0.39 is 15.8 Å². The summed E-state index contributed by atoms with van der Waals surface area (Å²) >= 11 is 1.23. The van der Waals surface area contributed by atoms with Gasteiger partial charge in [-0.15, -0.1) is 11.8 Å². The van der Waals surface area contributed by atoms with E-state index in [0.717, 1.165) is 6.26 Å². The van der Waals surface area contributed by atoms with Gasteiger partial charge >= 0.3 is 5.97 Å². The van der Waals surface area contributed by atoms with Gasteiger partial charge in [0.05, 0.1) is 11.5 Å². The summed E-state index contributed by atoms with van der Waals surface area (Å²) in [5, 5.41) is 11.1. The Labute approximate surface area is 127 Å². The summed E-state index contributed by atoms with van der Waals surface area (Å²) < 4.78 is 22.3. The second-order valence-electron chi connectivity index (χ2n) is 4.47. The lowest BCUT2D eigenvalue weighted by Gasteiger charge is -2.05. The third-order valence-corrected chi connectivity index (χ3v) is 4.20. The summed E-state index contributed by atoms with van der Waals surface area (Å²) in [6, 6.07) is 6.35. The van der Waals surface area contributed by atoms with Crippen molar-refractivity contribution in [2.75, 3.05) is 24.3 Å². The molecule has 0 heterocycles. The number of hydrogen-bond acceptors (Lipinski definition) is 5. The number of carbonyl (C=O) groups is 2. The van der Waals surface area contributed by atoms with E-state index in [-0.39, 0.29) is 17.4 Å². The van der Waals surface area contributed by atoms with E-state index in [0.29, 0.717) is 23.4 Å². The lowest BCUT2D eigenvalue weighted by molar-refractivity contribution is -0.133. The van der Waals surface area contributed by atoms with E-state index >= 15 is 0 Å². The number of benzene rings is 1. The summed E-state index contributed by atoms with van der Waals surface area (Å²) in [6.07, 6.45) is 1.16. The maximum atomic E-state index is 11.8. The van der Waals surface area contributed by atoms with Crippen molar-refractivity contribution in [3.63, 3.8) is 0 Å². The lowest BCUT2D eigenvalue weighted by Crippen LogP contribution is -2.26. The normalized spacial score (nSPS) is 11.1. The number of thioether (sulfide) groups is 1. The Morgan fingerprint density at radius 3 is 2.38 bits per heavy atom. The molecule has 0 saturated heterocycles. The first-order valence-corrected chi connectivity index (χ1v) is 9.34. The molecule has 1 rings (SSSR count). The highest BCUT2D eigenvalue weighted by Gasteiger charge is 2.07. The molecule has 0 fully saturated rings. The quantitative estimate of drug-likeness (QED) is 0.683. The first-order valence-electron chi connectivity index (χ1n) is 6.12. The molecular formula is C13H17NO5S2. The second-order valence-corrected chi connectivity index (χ2v) is 7.71. The summed E-state index contributed by atoms with van der Waals surface area (Å²) in [5.41, 5.74) is 1.07. The van der Waals surface area contributed by atoms with Crippen molar-refractivity contribution in [3.8, 4) is 0 Å². The van der Waals surface area contributed by atoms with Crippen LogP contribution in [0.3, 0.4) is 0 Å². The molecule has 6 nitrogen and oxygen atoms in total. The number of amides is 1. The van der Waals surface area contributed by atoms with Gasteiger partial charge in [-0.2, -0.15) is 0 Å². The van der Waals surface area contributed by atoms with Crippen molar-refractivity contribution in [3.05, 3.63) is 35.4 Å². The van der Waals surface area contributed by atoms with Crippen LogP contribution in [0.4, 0.5) is 0 Å². The van der Waals surface area contributed by atoms with Crippen molar-refractivity contribution >= 4 is 33.5 Å². The van der Waals surface area contributed by atoms with E-state index in [4.69, 9.17) is 5.11 Å². The van der Waals surface area contributed by atoms with Crippen LogP contribution in [-0.4, -0.2) is 49.7 Å². The first-order chi connectivity index (χ1) is 9.78. The van der Waals surface area contributed by atoms with Gasteiger partial charge in [0.1, 0.15) is 0 Å². The molecule has 116 valence electrons. The summed E-state index contributed by atoms with van der Waals surface area (Å²) in [4.78, 5) is 22.1. The van der Waals surface area contributed by atoms with Gasteiger partial charge in [0.25, 0.3) is 5.91 Å². The third kappa shape index (κ3) is 7.72. The molecule has 0 unspecified atom stereocenters. The second kappa shape index (κ2) is 8.04. The zero-order valence-corrected chi connectivity index (χ0v) is 13.2. The molecule has 0 aliphatic rings. The predicted molar refractivity (Wildman–Crippen MR) is 82.3 cm³/mol. The minimum atomic E-state index is -3.09. The Morgan fingerprint density at radius 1 is 1.24 bits per heavy atom. The Kier molecular flexibility index (Phi) is 6.70. The zero-order chi connectivity index (χ0) is 15.9. The topological polar surface area (TPSA) is 101 Å². The van der Waals surface area contributed by atoms with E-state index in [1.807, 2.05) is 0 Å². The zero-order valence-electron chi connectivity index (χ0n) is 11.5. The molecule has 1 aromatic rings. The van der Waals surface area contributed by atoms with E-state index in [1.54, 1.807) is 24.3 Å². The number of sulfone groups is 1. The van der Waals surface area contributed by atoms with Crippen LogP contribution in [0.15, 0.2) is 24.3 Å². The van der Waals surface area contributed by atoms with Gasteiger partial charge in [-0.25, -0.2) is 8.42 Å². The van der Waals surface area contributed by atoms with Crippen LogP contribution in [0.5, 0.6) is 0 Å². The van der Waals surface area contributed by atoms with Crippen LogP contribution in [-0.2, 0) is 20.4 Å². The number of aliphatic carboxylic acids is 1. The summed E-state index contributed by atoms with van der Waals surface area (Å²) in [5.74, 6) is -0.675. The van der Waals surface area contributed by atoms with Crippen LogP contribution < -0.4 is 5.32 Å². The van der Waals surface area contributed by atoms with Crippen LogP contribution in [0.1, 0.15) is 15.9 Å². The summed E-state index contributed by atoms with van der Waals surface area (Å²) in [7, 11) is -3.09. The molecule has 21 heavy (non-hydrogen) atoms. The Hall–Kier alpha value is -1.54. The van der Waals surface area contributed by atoms with E-state index in [9.17, 15) is 18.0 Å². The minimum Gasteiger partial charge on any atom is -0.481 e. The number of hydrogen-bond donors (Lipinski definition) is 2. The first kappa shape index (κ1) is 17.5. The number of carbonyl (C=O) groups excluding carboxylic acids is 1. The fraction of sp³-hybridized carbons (Fsp3) is 0.385. The number of carboxylic acids is 1. The van der Waals surface area contributed by atoms with Crippen LogP contribution in [0.2, 0.25) is 0 Å². The van der Waals surface area contributed by atoms with Gasteiger partial charge in [0, 0.05) is 24.1 Å². The predicted octanol–water partition coefficient (Wildman–Crippen LogP) is 0.779. The number of nitrogens with one attached hydrogen (secondary N) is 1. The fourth-order valence-electron chi connectivity index (χ4n) is 1.55. The lowest BCUT2D eigenvalue weighted by atomic mass is 10.1. The number of rotatable bonds is 8. The molecule has 0 bridgehead atoms. The van der Waals surface area contributed by atoms with Crippen molar-refractivity contribution in [1.82, 2.24) is 5.32 Å². The molecule has 0 radical (unpaired) electrons. The van der Waals surface area contributed by atoms with Gasteiger partial charge in [-0.3, -0.25) is 9.59 Å². The smallest absolute Gasteiger partial charge is 0.313 e. The molecule has 8 heteroatoms. The molecule has 2 N–H and O–H groups in total. The molecule has 1 amide bonds. The Balaban J connectivity index is 2.43. The van der Waals surface area contributed by atoms with E-state index in [1.165, 1.54) is 11.8 Å². The van der Waals surface area contributed by atoms with Crippen molar-refractivity contribution in [1.29, 1.82) is 0 Å². The summed E-state index contributed by atoms with van der Waals surface area (Å²) in [6.45, 7) is 0.377. The van der Waals surface area contributed by atoms with Crippen molar-refractivity contribution in [2.24, 2.45) is 0 Å². The van der Waals surface area contributed by atoms with Gasteiger partial charge in [0.2, 0.25) is 0 Å². The molecule has 0 saturated carbocycles. The standard InChI is InChI=1S/C13H17NO5S2/c1-21(18,19)9-10-2-4-11(5-3-10)13(17)14-6-7-20-8-12(15)16/h2-5H,6-9H2,1H3,(H,14,17)(H,15,16). The molecular weight excluding hydrogens is 314 g/mol. The fourth-order valence-corrected chi connectivity index (χ4v) is 2.92. The van der Waals surface area contributed by atoms with Gasteiger partial charge in [0.15, 0.2) is 9.84 Å². The Bertz CT molecular complexity index is 595. The molecule has 0 aliphatic carbocycles. The van der Waals surface area contributed by atoms with Crippen molar-refractivity contribution < 1.29 is 23.1 Å².